The zero-order valence-electron chi connectivity index (χ0n) is 15.6. The molecule has 0 spiro atoms. The Kier molecular flexibility index (Phi) is 8.79. The molecule has 0 aromatic rings. The summed E-state index contributed by atoms with van der Waals surface area (Å²) in [7, 11) is 6.74. The molecule has 136 valence electrons. The Morgan fingerprint density at radius 3 is 1.48 bits per heavy atom. The van der Waals surface area contributed by atoms with Crippen molar-refractivity contribution in [3.05, 3.63) is 0 Å². The van der Waals surface area contributed by atoms with E-state index in [1.807, 2.05) is 0 Å². The summed E-state index contributed by atoms with van der Waals surface area (Å²) >= 11 is 0. The molecule has 0 saturated carbocycles. The molecule has 0 radical (unpaired) electrons. The van der Waals surface area contributed by atoms with E-state index in [4.69, 9.17) is 0 Å². The highest BCUT2D eigenvalue weighted by Crippen LogP contribution is 1.99. The lowest BCUT2D eigenvalue weighted by Crippen LogP contribution is -2.43. The summed E-state index contributed by atoms with van der Waals surface area (Å²) in [4.78, 5) is 12.7. The highest BCUT2D eigenvalue weighted by atomic mass is 15.3. The van der Waals surface area contributed by atoms with Crippen molar-refractivity contribution < 1.29 is 0 Å². The summed E-state index contributed by atoms with van der Waals surface area (Å²) in [6.07, 6.45) is 0. The quantitative estimate of drug-likeness (QED) is 0.716. The second kappa shape index (κ2) is 10.6. The van der Waals surface area contributed by atoms with Crippen LogP contribution < -0.4 is 5.32 Å². The van der Waals surface area contributed by atoms with Gasteiger partial charge in [-0.05, 0) is 21.1 Å². The molecule has 0 bridgehead atoms. The number of rotatable bonds is 3. The van der Waals surface area contributed by atoms with Crippen LogP contribution in [0.4, 0.5) is 0 Å². The van der Waals surface area contributed by atoms with E-state index in [1.165, 1.54) is 78.5 Å². The molecule has 0 unspecified atom stereocenters. The van der Waals surface area contributed by atoms with Gasteiger partial charge in [0.25, 0.3) is 0 Å². The zero-order valence-corrected chi connectivity index (χ0v) is 15.6. The molecule has 0 atom stereocenters. The molecule has 2 saturated heterocycles. The fraction of sp³-hybridized carbons (Fsp3) is 1.00. The Labute approximate surface area is 143 Å². The van der Waals surface area contributed by atoms with Crippen molar-refractivity contribution in [3.63, 3.8) is 0 Å². The number of nitrogens with one attached hydrogen (secondary N) is 1. The SMILES string of the molecule is CN1CCNCCN(CCN2CCN(C)CCN(C)CC2)CC1. The van der Waals surface area contributed by atoms with Crippen molar-refractivity contribution in [1.82, 2.24) is 29.8 Å². The Bertz CT molecular complexity index is 299. The Morgan fingerprint density at radius 1 is 0.522 bits per heavy atom. The van der Waals surface area contributed by atoms with Crippen molar-refractivity contribution in [2.24, 2.45) is 0 Å². The molecule has 1 N–H and O–H groups in total. The average molecular weight is 327 g/mol. The third-order valence-electron chi connectivity index (χ3n) is 5.26. The van der Waals surface area contributed by atoms with Crippen LogP contribution in [-0.4, -0.2) is 137 Å². The standard InChI is InChI=1S/C17H38N6/c1-19-6-4-18-5-7-22(13-10-19)16-17-23-14-11-20(2)8-9-21(3)12-15-23/h18H,4-17H2,1-3H3. The first kappa shape index (κ1) is 19.1. The van der Waals surface area contributed by atoms with Gasteiger partial charge in [-0.25, -0.2) is 0 Å². The molecule has 2 heterocycles. The molecule has 2 rings (SSSR count). The molecule has 0 aliphatic carbocycles. The van der Waals surface area contributed by atoms with Crippen molar-refractivity contribution in [2.75, 3.05) is 113 Å². The molecule has 23 heavy (non-hydrogen) atoms. The summed E-state index contributed by atoms with van der Waals surface area (Å²) in [5, 5.41) is 3.55. The minimum absolute atomic E-state index is 1.12. The van der Waals surface area contributed by atoms with E-state index < -0.39 is 0 Å². The predicted octanol–water partition coefficient (Wildman–Crippen LogP) is -0.997. The number of hydrogen-bond acceptors (Lipinski definition) is 6. The second-order valence-electron chi connectivity index (χ2n) is 7.34. The van der Waals surface area contributed by atoms with Crippen molar-refractivity contribution in [2.45, 2.75) is 0 Å². The van der Waals surface area contributed by atoms with E-state index in [-0.39, 0.29) is 0 Å². The molecule has 6 nitrogen and oxygen atoms in total. The van der Waals surface area contributed by atoms with Gasteiger partial charge >= 0.3 is 0 Å². The van der Waals surface area contributed by atoms with Crippen LogP contribution in [0.1, 0.15) is 0 Å². The van der Waals surface area contributed by atoms with Crippen LogP contribution in [0.15, 0.2) is 0 Å². The Hall–Kier alpha value is -0.240. The number of nitrogens with zero attached hydrogens (tertiary/aromatic N) is 5. The smallest absolute Gasteiger partial charge is 0.0110 e. The van der Waals surface area contributed by atoms with Crippen molar-refractivity contribution >= 4 is 0 Å². The van der Waals surface area contributed by atoms with Gasteiger partial charge in [0.2, 0.25) is 0 Å². The molecule has 0 aromatic heterocycles. The highest BCUT2D eigenvalue weighted by Gasteiger charge is 2.14. The third-order valence-corrected chi connectivity index (χ3v) is 5.26. The number of hydrogen-bond donors (Lipinski definition) is 1. The van der Waals surface area contributed by atoms with Gasteiger partial charge in [-0.2, -0.15) is 0 Å². The van der Waals surface area contributed by atoms with E-state index in [1.54, 1.807) is 0 Å². The summed E-state index contributed by atoms with van der Waals surface area (Å²) in [5.74, 6) is 0. The maximum atomic E-state index is 3.55. The lowest BCUT2D eigenvalue weighted by Gasteiger charge is -2.29. The van der Waals surface area contributed by atoms with Crippen molar-refractivity contribution in [1.29, 1.82) is 0 Å². The molecule has 2 aliphatic heterocycles. The van der Waals surface area contributed by atoms with E-state index in [2.05, 4.69) is 51.0 Å². The van der Waals surface area contributed by atoms with E-state index in [0.29, 0.717) is 0 Å². The number of likely N-dealkylation sites (N-methyl/N-ethyl adjacent to an activating group) is 3. The van der Waals surface area contributed by atoms with Gasteiger partial charge in [0.05, 0.1) is 0 Å². The molecule has 2 fully saturated rings. The predicted molar refractivity (Wildman–Crippen MR) is 98.2 cm³/mol. The van der Waals surface area contributed by atoms with Crippen LogP contribution in [0.2, 0.25) is 0 Å². The van der Waals surface area contributed by atoms with Gasteiger partial charge in [0.15, 0.2) is 0 Å². The maximum absolute atomic E-state index is 3.55. The fourth-order valence-corrected chi connectivity index (χ4v) is 3.20. The maximum Gasteiger partial charge on any atom is 0.0110 e. The molecule has 6 heteroatoms. The van der Waals surface area contributed by atoms with Gasteiger partial charge in [-0.1, -0.05) is 0 Å². The second-order valence-corrected chi connectivity index (χ2v) is 7.34. The summed E-state index contributed by atoms with van der Waals surface area (Å²) < 4.78 is 0. The third kappa shape index (κ3) is 7.92. The summed E-state index contributed by atoms with van der Waals surface area (Å²) in [5.41, 5.74) is 0. The van der Waals surface area contributed by atoms with Gasteiger partial charge in [0, 0.05) is 91.6 Å². The van der Waals surface area contributed by atoms with Crippen LogP contribution in [0.5, 0.6) is 0 Å². The lowest BCUT2D eigenvalue weighted by atomic mass is 10.3. The average Bonchev–Trinajstić information content (AvgIpc) is 2.69. The minimum atomic E-state index is 1.12. The first-order chi connectivity index (χ1) is 11.1. The highest BCUT2D eigenvalue weighted by molar-refractivity contribution is 4.72. The van der Waals surface area contributed by atoms with Crippen LogP contribution >= 0.6 is 0 Å². The van der Waals surface area contributed by atoms with Crippen molar-refractivity contribution in [3.8, 4) is 0 Å². The monoisotopic (exact) mass is 326 g/mol. The molecule has 0 aromatic carbocycles. The van der Waals surface area contributed by atoms with Crippen LogP contribution in [0, 0.1) is 0 Å². The van der Waals surface area contributed by atoms with Crippen LogP contribution in [0.25, 0.3) is 0 Å². The van der Waals surface area contributed by atoms with Gasteiger partial charge in [0.1, 0.15) is 0 Å². The van der Waals surface area contributed by atoms with Gasteiger partial charge in [-0.3, -0.25) is 9.80 Å². The first-order valence-corrected chi connectivity index (χ1v) is 9.34. The van der Waals surface area contributed by atoms with Crippen LogP contribution in [-0.2, 0) is 0 Å². The first-order valence-electron chi connectivity index (χ1n) is 9.34. The molecule has 0 amide bonds. The lowest BCUT2D eigenvalue weighted by molar-refractivity contribution is 0.181. The molecular weight excluding hydrogens is 288 g/mol. The van der Waals surface area contributed by atoms with E-state index in [0.717, 1.165) is 13.1 Å². The summed E-state index contributed by atoms with van der Waals surface area (Å²) in [6.45, 7) is 16.5. The van der Waals surface area contributed by atoms with Gasteiger partial charge in [-0.15, -0.1) is 0 Å². The fourth-order valence-electron chi connectivity index (χ4n) is 3.20. The minimum Gasteiger partial charge on any atom is -0.314 e. The van der Waals surface area contributed by atoms with E-state index >= 15 is 0 Å². The molecular formula is C17H38N6. The normalized spacial score (nSPS) is 26.7. The van der Waals surface area contributed by atoms with E-state index in [9.17, 15) is 0 Å². The zero-order chi connectivity index (χ0) is 16.5. The molecule has 2 aliphatic rings. The summed E-state index contributed by atoms with van der Waals surface area (Å²) in [6, 6.07) is 0. The Balaban J connectivity index is 1.76. The topological polar surface area (TPSA) is 28.2 Å². The van der Waals surface area contributed by atoms with Gasteiger partial charge < -0.3 is 20.0 Å². The Morgan fingerprint density at radius 2 is 0.913 bits per heavy atom. The largest absolute Gasteiger partial charge is 0.314 e. The van der Waals surface area contributed by atoms with Crippen LogP contribution in [0.3, 0.4) is 0 Å².